The van der Waals surface area contributed by atoms with Crippen LogP contribution < -0.4 is 5.32 Å². The summed E-state index contributed by atoms with van der Waals surface area (Å²) in [7, 11) is -1.92. The average Bonchev–Trinajstić information content (AvgIpc) is 2.88. The van der Waals surface area contributed by atoms with Crippen LogP contribution in [0.2, 0.25) is 18.1 Å². The number of alkyl carbamates (subject to hydrolysis) is 1. The highest BCUT2D eigenvalue weighted by Crippen LogP contribution is 2.37. The van der Waals surface area contributed by atoms with E-state index in [1.807, 2.05) is 6.07 Å². The van der Waals surface area contributed by atoms with Crippen LogP contribution in [0.25, 0.3) is 10.4 Å². The van der Waals surface area contributed by atoms with Gasteiger partial charge in [-0.25, -0.2) is 4.79 Å². The number of rotatable bonds is 7. The van der Waals surface area contributed by atoms with E-state index in [-0.39, 0.29) is 18.1 Å². The summed E-state index contributed by atoms with van der Waals surface area (Å²) in [6.45, 7) is 16.9. The Morgan fingerprint density at radius 3 is 2.44 bits per heavy atom. The fourth-order valence-corrected chi connectivity index (χ4v) is 2.86. The molecule has 0 aliphatic rings. The van der Waals surface area contributed by atoms with Gasteiger partial charge in [-0.1, -0.05) is 25.9 Å². The van der Waals surface area contributed by atoms with E-state index in [0.29, 0.717) is 18.1 Å². The third kappa shape index (κ3) is 7.66. The average molecular weight is 397 g/mol. The van der Waals surface area contributed by atoms with E-state index >= 15 is 0 Å². The highest BCUT2D eigenvalue weighted by molar-refractivity contribution is 6.74. The second kappa shape index (κ2) is 8.82. The monoisotopic (exact) mass is 396 g/mol. The lowest BCUT2D eigenvalue weighted by Crippen LogP contribution is -2.40. The molecule has 0 atom stereocenters. The summed E-state index contributed by atoms with van der Waals surface area (Å²) in [5.41, 5.74) is 8.73. The van der Waals surface area contributed by atoms with Crippen LogP contribution in [0.15, 0.2) is 15.6 Å². The number of nitrogens with zero attached hydrogens (tertiary/aromatic N) is 3. The smallest absolute Gasteiger partial charge is 0.408 e. The number of carbonyl (C=O) groups excluding carboxylic acids is 1. The van der Waals surface area contributed by atoms with Crippen molar-refractivity contribution in [2.45, 2.75) is 85.0 Å². The molecule has 8 nitrogen and oxygen atoms in total. The number of azide groups is 1. The van der Waals surface area contributed by atoms with E-state index in [1.165, 1.54) is 0 Å². The number of amides is 1. The fraction of sp³-hybridized carbons (Fsp3) is 0.722. The van der Waals surface area contributed by atoms with Gasteiger partial charge in [-0.2, -0.15) is 0 Å². The molecule has 0 saturated heterocycles. The van der Waals surface area contributed by atoms with E-state index in [9.17, 15) is 4.79 Å². The molecule has 1 amide bonds. The molecule has 1 heterocycles. The van der Waals surface area contributed by atoms with Crippen molar-refractivity contribution in [1.29, 1.82) is 0 Å². The molecule has 9 heteroatoms. The Labute approximate surface area is 162 Å². The predicted molar refractivity (Wildman–Crippen MR) is 107 cm³/mol. The summed E-state index contributed by atoms with van der Waals surface area (Å²) >= 11 is 0. The molecule has 0 aliphatic heterocycles. The lowest BCUT2D eigenvalue weighted by atomic mass is 10.2. The molecule has 1 N–H and O–H groups in total. The maximum Gasteiger partial charge on any atom is 0.408 e. The fourth-order valence-electron chi connectivity index (χ4n) is 1.93. The first-order valence-electron chi connectivity index (χ1n) is 8.97. The highest BCUT2D eigenvalue weighted by Gasteiger charge is 2.37. The zero-order valence-corrected chi connectivity index (χ0v) is 18.7. The van der Waals surface area contributed by atoms with Crippen LogP contribution in [0.1, 0.15) is 58.6 Å². The van der Waals surface area contributed by atoms with Gasteiger partial charge in [-0.15, -0.1) is 0 Å². The zero-order chi connectivity index (χ0) is 20.9. The predicted octanol–water partition coefficient (Wildman–Crippen LogP) is 5.64. The number of carbonyl (C=O) groups is 1. The summed E-state index contributed by atoms with van der Waals surface area (Å²) in [5.74, 6) is 1.17. The molecule has 0 bridgehead atoms. The van der Waals surface area contributed by atoms with Gasteiger partial charge in [0, 0.05) is 10.5 Å². The minimum Gasteiger partial charge on any atom is -0.461 e. The molecule has 1 rings (SSSR count). The molecular formula is C18H32N4O4Si. The second-order valence-electron chi connectivity index (χ2n) is 8.95. The maximum atomic E-state index is 11.9. The van der Waals surface area contributed by atoms with E-state index < -0.39 is 20.0 Å². The van der Waals surface area contributed by atoms with Crippen LogP contribution in [0.5, 0.6) is 0 Å². The van der Waals surface area contributed by atoms with Crippen molar-refractivity contribution in [1.82, 2.24) is 5.32 Å². The van der Waals surface area contributed by atoms with Crippen LogP contribution >= 0.6 is 0 Å². The molecule has 0 saturated carbocycles. The zero-order valence-electron chi connectivity index (χ0n) is 17.7. The van der Waals surface area contributed by atoms with Crippen molar-refractivity contribution in [3.05, 3.63) is 33.6 Å². The van der Waals surface area contributed by atoms with E-state index in [4.69, 9.17) is 19.1 Å². The summed E-state index contributed by atoms with van der Waals surface area (Å²) in [5, 5.41) is 6.35. The lowest BCUT2D eigenvalue weighted by molar-refractivity contribution is 0.0519. The standard InChI is InChI=1S/C18H32N4O4Si/c1-17(2,3)26-16(23)20-11-15-13(10-21-22-19)9-14(25-15)12-24-27(7,8)18(4,5)6/h9H,10-12H2,1-8H3,(H,20,23). The Kier molecular flexibility index (Phi) is 7.54. The van der Waals surface area contributed by atoms with Crippen molar-refractivity contribution in [2.75, 3.05) is 0 Å². The number of nitrogens with one attached hydrogen (secondary N) is 1. The van der Waals surface area contributed by atoms with Crippen molar-refractivity contribution in [3.63, 3.8) is 0 Å². The Hall–Kier alpha value is -1.96. The lowest BCUT2D eigenvalue weighted by Gasteiger charge is -2.35. The van der Waals surface area contributed by atoms with Crippen molar-refractivity contribution < 1.29 is 18.4 Å². The third-order valence-corrected chi connectivity index (χ3v) is 8.90. The van der Waals surface area contributed by atoms with Gasteiger partial charge in [0.2, 0.25) is 0 Å². The van der Waals surface area contributed by atoms with Crippen LogP contribution in [-0.4, -0.2) is 20.0 Å². The first-order chi connectivity index (χ1) is 12.2. The van der Waals surface area contributed by atoms with Crippen LogP contribution in [-0.2, 0) is 28.9 Å². The third-order valence-electron chi connectivity index (χ3n) is 4.43. The van der Waals surface area contributed by atoms with Crippen LogP contribution in [0.4, 0.5) is 4.79 Å². The molecule has 0 aromatic carbocycles. The van der Waals surface area contributed by atoms with Gasteiger partial charge < -0.3 is 18.9 Å². The number of ether oxygens (including phenoxy) is 1. The SMILES string of the molecule is CC(C)(C)OC(=O)NCc1oc(CO[Si](C)(C)C(C)(C)C)cc1CN=[N+]=[N-]. The quantitative estimate of drug-likeness (QED) is 0.278. The van der Waals surface area contributed by atoms with E-state index in [1.54, 1.807) is 20.8 Å². The molecule has 0 spiro atoms. The van der Waals surface area contributed by atoms with Gasteiger partial charge in [0.1, 0.15) is 17.1 Å². The molecule has 0 radical (unpaired) electrons. The maximum absolute atomic E-state index is 11.9. The van der Waals surface area contributed by atoms with Gasteiger partial charge in [-0.3, -0.25) is 0 Å². The van der Waals surface area contributed by atoms with Gasteiger partial charge in [-0.05, 0) is 50.5 Å². The van der Waals surface area contributed by atoms with Crippen molar-refractivity contribution in [3.8, 4) is 0 Å². The second-order valence-corrected chi connectivity index (χ2v) is 13.8. The van der Waals surface area contributed by atoms with Gasteiger partial charge in [0.25, 0.3) is 0 Å². The Morgan fingerprint density at radius 1 is 1.30 bits per heavy atom. The summed E-state index contributed by atoms with van der Waals surface area (Å²) in [4.78, 5) is 14.6. The van der Waals surface area contributed by atoms with Crippen LogP contribution in [0, 0.1) is 0 Å². The van der Waals surface area contributed by atoms with Crippen molar-refractivity contribution in [2.24, 2.45) is 5.11 Å². The molecule has 1 aromatic heterocycles. The normalized spacial score (nSPS) is 12.4. The summed E-state index contributed by atoms with van der Waals surface area (Å²) < 4.78 is 17.2. The molecule has 0 unspecified atom stereocenters. The van der Waals surface area contributed by atoms with E-state index in [2.05, 4.69) is 49.2 Å². The molecule has 27 heavy (non-hydrogen) atoms. The molecular weight excluding hydrogens is 364 g/mol. The Bertz CT molecular complexity index is 695. The van der Waals surface area contributed by atoms with E-state index in [0.717, 1.165) is 5.56 Å². The Balaban J connectivity index is 2.85. The highest BCUT2D eigenvalue weighted by atomic mass is 28.4. The minimum atomic E-state index is -1.92. The largest absolute Gasteiger partial charge is 0.461 e. The van der Waals surface area contributed by atoms with Crippen LogP contribution in [0.3, 0.4) is 0 Å². The summed E-state index contributed by atoms with van der Waals surface area (Å²) in [6, 6.07) is 1.81. The minimum absolute atomic E-state index is 0.0919. The van der Waals surface area contributed by atoms with Crippen molar-refractivity contribution >= 4 is 14.4 Å². The molecule has 0 fully saturated rings. The van der Waals surface area contributed by atoms with Gasteiger partial charge in [0.15, 0.2) is 8.32 Å². The number of furan rings is 1. The molecule has 1 aromatic rings. The first kappa shape index (κ1) is 23.1. The topological polar surface area (TPSA) is 109 Å². The van der Waals surface area contributed by atoms with Gasteiger partial charge >= 0.3 is 6.09 Å². The first-order valence-corrected chi connectivity index (χ1v) is 11.9. The number of hydrogen-bond acceptors (Lipinski definition) is 5. The molecule has 152 valence electrons. The van der Waals surface area contributed by atoms with Gasteiger partial charge in [0.05, 0.1) is 19.7 Å². The number of hydrogen-bond donors (Lipinski definition) is 1. The summed E-state index contributed by atoms with van der Waals surface area (Å²) in [6.07, 6.45) is -0.535. The Morgan fingerprint density at radius 2 is 1.93 bits per heavy atom. The molecule has 0 aliphatic carbocycles.